The van der Waals surface area contributed by atoms with Crippen LogP contribution in [0.5, 0.6) is 0 Å². The highest BCUT2D eigenvalue weighted by Crippen LogP contribution is 2.67. The highest BCUT2D eigenvalue weighted by Gasteiger charge is 2.65. The van der Waals surface area contributed by atoms with Gasteiger partial charge in [-0.05, 0) is 139 Å². The molecule has 4 atom stereocenters. The zero-order valence-corrected chi connectivity index (χ0v) is 40.0. The molecule has 4 aliphatic heterocycles. The minimum absolute atomic E-state index is 0.0310. The molecule has 2 fully saturated rings. The van der Waals surface area contributed by atoms with E-state index in [1.165, 1.54) is 115 Å². The van der Waals surface area contributed by atoms with Crippen LogP contribution >= 0.6 is 0 Å². The Balaban J connectivity index is 1.18. The van der Waals surface area contributed by atoms with Crippen LogP contribution in [0.2, 0.25) is 0 Å². The van der Waals surface area contributed by atoms with Crippen molar-refractivity contribution in [2.45, 2.75) is 127 Å². The third-order valence-electron chi connectivity index (χ3n) is 18.1. The van der Waals surface area contributed by atoms with Crippen LogP contribution in [0, 0.1) is 13.8 Å². The second-order valence-electron chi connectivity index (χ2n) is 22.5. The van der Waals surface area contributed by atoms with E-state index >= 15 is 0 Å². The number of para-hydroxylation sites is 1. The van der Waals surface area contributed by atoms with Crippen LogP contribution in [0.4, 0.5) is 39.8 Å². The summed E-state index contributed by atoms with van der Waals surface area (Å²) in [5.41, 5.74) is 22.9. The van der Waals surface area contributed by atoms with Gasteiger partial charge in [-0.25, -0.2) is 0 Å². The lowest BCUT2D eigenvalue weighted by molar-refractivity contribution is 0.214. The van der Waals surface area contributed by atoms with E-state index in [1.54, 1.807) is 5.56 Å². The van der Waals surface area contributed by atoms with Crippen molar-refractivity contribution in [1.82, 2.24) is 0 Å². The molecule has 0 saturated heterocycles. The normalized spacial score (nSPS) is 25.4. The van der Waals surface area contributed by atoms with E-state index in [9.17, 15) is 0 Å². The molecule has 0 bridgehead atoms. The number of rotatable bonds is 4. The monoisotopic (exact) mass is 860 g/mol. The van der Waals surface area contributed by atoms with Gasteiger partial charge >= 0.3 is 0 Å². The standard InChI is InChI=1S/C62H62BN3/c1-41-26-29-46(30-27-41)64-53-31-28-42(2)36-50(53)63-51-38-45(58(3,4)5)37-49-57(51)66(60(7)33-17-19-35-62(49,60)44-22-12-9-13-23-44)55-40-47(39-54(64)56(55)63)65-52-25-15-14-24-48(52)61(43-20-10-8-11-21-43)34-18-16-32-59(61,65)6/h8-15,20-31,36-40H,16-19,32-35H2,1-7H3. The van der Waals surface area contributed by atoms with Crippen molar-refractivity contribution < 1.29 is 0 Å². The maximum Gasteiger partial charge on any atom is 0.252 e. The number of benzene rings is 7. The van der Waals surface area contributed by atoms with Gasteiger partial charge in [-0.1, -0.05) is 173 Å². The molecular formula is C62H62BN3. The molecule has 3 nitrogen and oxygen atoms in total. The van der Waals surface area contributed by atoms with Crippen LogP contribution in [0.3, 0.4) is 0 Å². The Morgan fingerprint density at radius 2 is 1.05 bits per heavy atom. The number of aryl methyl sites for hydroxylation is 2. The van der Waals surface area contributed by atoms with Crippen molar-refractivity contribution in [2.24, 2.45) is 0 Å². The molecule has 0 amide bonds. The first-order valence-corrected chi connectivity index (χ1v) is 25.1. The molecule has 0 spiro atoms. The van der Waals surface area contributed by atoms with Crippen molar-refractivity contribution in [1.29, 1.82) is 0 Å². The Kier molecular flexibility index (Phi) is 8.42. The summed E-state index contributed by atoms with van der Waals surface area (Å²) in [6, 6.07) is 60.1. The van der Waals surface area contributed by atoms with E-state index in [-0.39, 0.29) is 34.0 Å². The molecule has 4 heterocycles. The van der Waals surface area contributed by atoms with Gasteiger partial charge in [0.15, 0.2) is 0 Å². The van der Waals surface area contributed by atoms with Gasteiger partial charge in [-0.15, -0.1) is 0 Å². The van der Waals surface area contributed by atoms with Gasteiger partial charge in [0.05, 0.1) is 11.1 Å². The molecule has 66 heavy (non-hydrogen) atoms. The largest absolute Gasteiger partial charge is 0.335 e. The summed E-state index contributed by atoms with van der Waals surface area (Å²) in [6.45, 7) is 17.1. The smallest absolute Gasteiger partial charge is 0.252 e. The minimum Gasteiger partial charge on any atom is -0.335 e. The molecule has 7 aromatic carbocycles. The van der Waals surface area contributed by atoms with Gasteiger partial charge in [-0.2, -0.15) is 0 Å². The first-order chi connectivity index (χ1) is 31.9. The Morgan fingerprint density at radius 3 is 1.71 bits per heavy atom. The van der Waals surface area contributed by atoms with E-state index < -0.39 is 0 Å². The number of hydrogen-bond acceptors (Lipinski definition) is 3. The topological polar surface area (TPSA) is 9.72 Å². The lowest BCUT2D eigenvalue weighted by atomic mass is 9.33. The summed E-state index contributed by atoms with van der Waals surface area (Å²) in [6.07, 6.45) is 9.41. The van der Waals surface area contributed by atoms with Gasteiger partial charge < -0.3 is 14.7 Å². The fourth-order valence-corrected chi connectivity index (χ4v) is 15.1. The lowest BCUT2D eigenvalue weighted by Crippen LogP contribution is -2.65. The molecule has 4 heteroatoms. The Labute approximate surface area is 393 Å². The second-order valence-corrected chi connectivity index (χ2v) is 22.5. The Hall–Kier alpha value is -6.00. The Morgan fingerprint density at radius 1 is 0.470 bits per heavy atom. The first kappa shape index (κ1) is 40.3. The van der Waals surface area contributed by atoms with Crippen LogP contribution in [0.15, 0.2) is 152 Å². The van der Waals surface area contributed by atoms with Crippen LogP contribution in [0.1, 0.15) is 125 Å². The van der Waals surface area contributed by atoms with Crippen LogP contribution in [-0.2, 0) is 16.2 Å². The zero-order valence-electron chi connectivity index (χ0n) is 40.0. The quantitative estimate of drug-likeness (QED) is 0.163. The SMILES string of the molecule is Cc1ccc(N2c3ccc(C)cc3B3c4cc(C(C)(C)C)cc5c4N(c4cc(N6c7ccccc7C7(c8ccccc8)CCCCC67C)cc2c43)C2(C)CCCCC52c2ccccc2)cc1. The highest BCUT2D eigenvalue weighted by atomic mass is 15.3. The van der Waals surface area contributed by atoms with E-state index in [2.05, 4.69) is 215 Å². The van der Waals surface area contributed by atoms with Crippen molar-refractivity contribution in [3.05, 3.63) is 191 Å². The average Bonchev–Trinajstić information content (AvgIpc) is 3.72. The molecule has 7 aromatic rings. The van der Waals surface area contributed by atoms with E-state index in [0.29, 0.717) is 0 Å². The summed E-state index contributed by atoms with van der Waals surface area (Å²) < 4.78 is 0. The predicted molar refractivity (Wildman–Crippen MR) is 279 cm³/mol. The maximum atomic E-state index is 2.96. The van der Waals surface area contributed by atoms with Crippen molar-refractivity contribution in [2.75, 3.05) is 14.7 Å². The van der Waals surface area contributed by atoms with Crippen LogP contribution in [-0.4, -0.2) is 17.8 Å². The van der Waals surface area contributed by atoms with Gasteiger partial charge in [0, 0.05) is 50.6 Å². The molecule has 0 N–H and O–H groups in total. The predicted octanol–water partition coefficient (Wildman–Crippen LogP) is 13.8. The molecule has 2 aliphatic carbocycles. The minimum atomic E-state index is -0.204. The molecule has 13 rings (SSSR count). The number of nitrogens with zero attached hydrogens (tertiary/aromatic N) is 3. The summed E-state index contributed by atoms with van der Waals surface area (Å²) in [5.74, 6) is 0. The molecule has 328 valence electrons. The fraction of sp³-hybridized carbons (Fsp3) is 0.323. The molecule has 2 saturated carbocycles. The number of anilines is 7. The summed E-state index contributed by atoms with van der Waals surface area (Å²) in [5, 5.41) is 0. The third-order valence-corrected chi connectivity index (χ3v) is 18.1. The first-order valence-electron chi connectivity index (χ1n) is 25.1. The molecule has 6 aliphatic rings. The van der Waals surface area contributed by atoms with E-state index in [1.807, 2.05) is 0 Å². The van der Waals surface area contributed by atoms with Crippen LogP contribution < -0.4 is 31.1 Å². The fourth-order valence-electron chi connectivity index (χ4n) is 15.1. The maximum absolute atomic E-state index is 2.96. The third kappa shape index (κ3) is 5.01. The van der Waals surface area contributed by atoms with Crippen molar-refractivity contribution >= 4 is 62.9 Å². The Bertz CT molecular complexity index is 3110. The lowest BCUT2D eigenvalue weighted by Gasteiger charge is -2.55. The van der Waals surface area contributed by atoms with Gasteiger partial charge in [0.1, 0.15) is 0 Å². The zero-order chi connectivity index (χ0) is 45.0. The highest BCUT2D eigenvalue weighted by molar-refractivity contribution is 7.00. The summed E-state index contributed by atoms with van der Waals surface area (Å²) in [4.78, 5) is 8.45. The van der Waals surface area contributed by atoms with Gasteiger partial charge in [-0.3, -0.25) is 0 Å². The summed E-state index contributed by atoms with van der Waals surface area (Å²) >= 11 is 0. The number of fused-ring (bicyclic) bond motifs is 10. The van der Waals surface area contributed by atoms with E-state index in [4.69, 9.17) is 0 Å². The average molecular weight is 860 g/mol. The molecule has 0 radical (unpaired) electrons. The number of hydrogen-bond donors (Lipinski definition) is 0. The van der Waals surface area contributed by atoms with Crippen molar-refractivity contribution in [3.63, 3.8) is 0 Å². The molecular weight excluding hydrogens is 798 g/mol. The van der Waals surface area contributed by atoms with Gasteiger partial charge in [0.2, 0.25) is 0 Å². The van der Waals surface area contributed by atoms with E-state index in [0.717, 1.165) is 25.7 Å². The van der Waals surface area contributed by atoms with Crippen LogP contribution in [0.25, 0.3) is 0 Å². The summed E-state index contributed by atoms with van der Waals surface area (Å²) in [7, 11) is 0. The van der Waals surface area contributed by atoms with Crippen molar-refractivity contribution in [3.8, 4) is 0 Å². The second kappa shape index (κ2) is 13.8. The molecule has 4 unspecified atom stereocenters. The molecule has 0 aromatic heterocycles. The van der Waals surface area contributed by atoms with Gasteiger partial charge in [0.25, 0.3) is 6.71 Å².